The number of halogens is 3. The van der Waals surface area contributed by atoms with Gasteiger partial charge in [-0.1, -0.05) is 38.5 Å². The van der Waals surface area contributed by atoms with Gasteiger partial charge in [0, 0.05) is 11.1 Å². The molecular weight excluding hydrogens is 537 g/mol. The lowest BCUT2D eigenvalue weighted by Gasteiger charge is -2.40. The van der Waals surface area contributed by atoms with Crippen LogP contribution in [0, 0.1) is 49.1 Å². The van der Waals surface area contributed by atoms with Crippen LogP contribution in [0.3, 0.4) is 0 Å². The highest BCUT2D eigenvalue weighted by Gasteiger charge is 2.36. The van der Waals surface area contributed by atoms with Gasteiger partial charge in [0.25, 0.3) is 0 Å². The van der Waals surface area contributed by atoms with Crippen molar-refractivity contribution < 1.29 is 32.5 Å². The summed E-state index contributed by atoms with van der Waals surface area (Å²) in [6.45, 7) is 8.58. The van der Waals surface area contributed by atoms with E-state index in [0.717, 1.165) is 51.4 Å². The molecule has 6 atom stereocenters. The predicted octanol–water partition coefficient (Wildman–Crippen LogP) is 7.87. The van der Waals surface area contributed by atoms with Crippen LogP contribution < -0.4 is 4.74 Å². The zero-order chi connectivity index (χ0) is 29.6. The summed E-state index contributed by atoms with van der Waals surface area (Å²) in [7, 11) is 0. The third-order valence-corrected chi connectivity index (χ3v) is 8.48. The molecular formula is C32H41F3O4S. The molecule has 1 fully saturated rings. The molecule has 0 radical (unpaired) electrons. The molecule has 1 N–H and O–H groups in total. The maximum atomic E-state index is 14.4. The minimum atomic E-state index is -1.20. The van der Waals surface area contributed by atoms with Crippen molar-refractivity contribution in [3.8, 4) is 5.75 Å². The second-order valence-corrected chi connectivity index (χ2v) is 11.4. The summed E-state index contributed by atoms with van der Waals surface area (Å²) < 4.78 is 54.8. The second kappa shape index (κ2) is 14.6. The Labute approximate surface area is 241 Å². The Morgan fingerprint density at radius 2 is 1.70 bits per heavy atom. The fraction of sp³-hybridized carbons (Fsp3) is 0.531. The number of ether oxygens (including phenoxy) is 2. The van der Waals surface area contributed by atoms with Crippen LogP contribution in [0.1, 0.15) is 79.9 Å². The third-order valence-electron chi connectivity index (χ3n) is 8.22. The molecule has 0 saturated heterocycles. The summed E-state index contributed by atoms with van der Waals surface area (Å²) in [4.78, 5) is 12.5. The van der Waals surface area contributed by atoms with Gasteiger partial charge in [-0.05, 0) is 93.7 Å². The van der Waals surface area contributed by atoms with Crippen LogP contribution in [-0.2, 0) is 4.74 Å². The smallest absolute Gasteiger partial charge is 0.223 e. The molecule has 1 saturated carbocycles. The van der Waals surface area contributed by atoms with Gasteiger partial charge >= 0.3 is 0 Å². The fourth-order valence-electron chi connectivity index (χ4n) is 5.44. The Morgan fingerprint density at radius 3 is 2.27 bits per heavy atom. The van der Waals surface area contributed by atoms with Crippen molar-refractivity contribution in [3.63, 3.8) is 0 Å². The summed E-state index contributed by atoms with van der Waals surface area (Å²) in [6, 6.07) is 6.54. The number of hydrogen-bond acceptors (Lipinski definition) is 5. The Hall–Kier alpha value is -2.29. The molecule has 0 heterocycles. The van der Waals surface area contributed by atoms with Crippen molar-refractivity contribution in [1.82, 2.24) is 0 Å². The quantitative estimate of drug-likeness (QED) is 0.116. The number of benzene rings is 2. The molecule has 4 nitrogen and oxygen atoms in total. The van der Waals surface area contributed by atoms with Gasteiger partial charge in [0.1, 0.15) is 29.3 Å². The molecule has 8 heteroatoms. The number of rotatable bonds is 12. The zero-order valence-electron chi connectivity index (χ0n) is 23.9. The minimum absolute atomic E-state index is 0.0511. The van der Waals surface area contributed by atoms with E-state index in [1.54, 1.807) is 31.2 Å². The van der Waals surface area contributed by atoms with E-state index < -0.39 is 52.3 Å². The first-order valence-electron chi connectivity index (χ1n) is 14.1. The van der Waals surface area contributed by atoms with Crippen molar-refractivity contribution in [1.29, 1.82) is 0 Å². The Balaban J connectivity index is 1.62. The van der Waals surface area contributed by atoms with Gasteiger partial charge in [-0.25, -0.2) is 13.2 Å². The molecule has 0 spiro atoms. The number of allylic oxidation sites excluding steroid dienone is 1. The molecule has 0 aromatic heterocycles. The number of aliphatic hydroxyl groups excluding tert-OH is 1. The first-order chi connectivity index (χ1) is 19.0. The normalized spacial score (nSPS) is 21.8. The van der Waals surface area contributed by atoms with Crippen molar-refractivity contribution in [3.05, 3.63) is 70.0 Å². The van der Waals surface area contributed by atoms with Crippen molar-refractivity contribution in [2.45, 2.75) is 85.2 Å². The second-order valence-electron chi connectivity index (χ2n) is 11.0. The molecule has 3 rings (SSSR count). The summed E-state index contributed by atoms with van der Waals surface area (Å²) in [6.07, 6.45) is 6.15. The SMILES string of the molecule is CCC(C)C1CCC(CCS)CC1OC(C)C(O)Oc1ccc(/C=C/C(=O)c2c(F)c(C)c(F)c(C)c2F)cc1. The van der Waals surface area contributed by atoms with Gasteiger partial charge in [-0.15, -0.1) is 0 Å². The predicted molar refractivity (Wildman–Crippen MR) is 155 cm³/mol. The molecule has 0 amide bonds. The number of carbonyl (C=O) groups is 1. The molecule has 0 bridgehead atoms. The highest BCUT2D eigenvalue weighted by atomic mass is 32.1. The molecule has 1 aliphatic rings. The van der Waals surface area contributed by atoms with Crippen LogP contribution in [0.25, 0.3) is 6.08 Å². The number of aliphatic hydroxyl groups is 1. The molecule has 0 aliphatic heterocycles. The van der Waals surface area contributed by atoms with E-state index in [9.17, 15) is 23.1 Å². The van der Waals surface area contributed by atoms with E-state index >= 15 is 0 Å². The van der Waals surface area contributed by atoms with Gasteiger partial charge in [0.15, 0.2) is 5.78 Å². The van der Waals surface area contributed by atoms with Crippen LogP contribution in [0.4, 0.5) is 13.2 Å². The number of thiol groups is 1. The number of carbonyl (C=O) groups excluding carboxylic acids is 1. The van der Waals surface area contributed by atoms with Crippen LogP contribution in [0.2, 0.25) is 0 Å². The molecule has 220 valence electrons. The third kappa shape index (κ3) is 7.71. The number of hydrogen-bond donors (Lipinski definition) is 2. The van der Waals surface area contributed by atoms with E-state index in [4.69, 9.17) is 9.47 Å². The highest BCUT2D eigenvalue weighted by molar-refractivity contribution is 7.80. The van der Waals surface area contributed by atoms with Crippen LogP contribution >= 0.6 is 12.6 Å². The first kappa shape index (κ1) is 32.2. The zero-order valence-corrected chi connectivity index (χ0v) is 24.8. The summed E-state index contributed by atoms with van der Waals surface area (Å²) >= 11 is 4.40. The van der Waals surface area contributed by atoms with Crippen LogP contribution in [-0.4, -0.2) is 35.1 Å². The monoisotopic (exact) mass is 578 g/mol. The highest BCUT2D eigenvalue weighted by Crippen LogP contribution is 2.39. The molecule has 40 heavy (non-hydrogen) atoms. The Bertz CT molecular complexity index is 1150. The van der Waals surface area contributed by atoms with E-state index in [-0.39, 0.29) is 6.10 Å². The van der Waals surface area contributed by atoms with Crippen molar-refractivity contribution in [2.75, 3.05) is 5.75 Å². The Morgan fingerprint density at radius 1 is 1.07 bits per heavy atom. The van der Waals surface area contributed by atoms with Crippen molar-refractivity contribution in [2.24, 2.45) is 17.8 Å². The standard InChI is InChI=1S/C32H41F3O4S/c1-6-18(2)25-13-9-23(15-16-40)17-27(25)38-21(5)32(37)39-24-11-7-22(8-12-24)10-14-26(36)28-30(34)19(3)29(33)20(4)31(28)35/h7-8,10-12,14,18,21,23,25,27,32,37,40H,6,9,13,15-17H2,1-5H3/b14-10+. The number of ketones is 1. The van der Waals surface area contributed by atoms with Crippen molar-refractivity contribution >= 4 is 24.5 Å². The minimum Gasteiger partial charge on any atom is -0.462 e. The van der Waals surface area contributed by atoms with Gasteiger partial charge in [-0.2, -0.15) is 12.6 Å². The average Bonchev–Trinajstić information content (AvgIpc) is 2.94. The Kier molecular flexibility index (Phi) is 11.7. The lowest BCUT2D eigenvalue weighted by Crippen LogP contribution is -2.42. The van der Waals surface area contributed by atoms with E-state index in [1.807, 2.05) is 0 Å². The summed E-state index contributed by atoms with van der Waals surface area (Å²) in [5.41, 5.74) is -1.00. The topological polar surface area (TPSA) is 55.8 Å². The molecule has 2 aromatic rings. The molecule has 1 aliphatic carbocycles. The average molecular weight is 579 g/mol. The lowest BCUT2D eigenvalue weighted by atomic mass is 9.73. The summed E-state index contributed by atoms with van der Waals surface area (Å²) in [5.74, 6) is -1.51. The molecule has 6 unspecified atom stereocenters. The molecule has 2 aromatic carbocycles. The van der Waals surface area contributed by atoms with Gasteiger partial charge in [0.2, 0.25) is 6.29 Å². The maximum absolute atomic E-state index is 14.4. The van der Waals surface area contributed by atoms with Crippen LogP contribution in [0.5, 0.6) is 5.75 Å². The summed E-state index contributed by atoms with van der Waals surface area (Å²) in [5, 5.41) is 10.7. The fourth-order valence-corrected chi connectivity index (χ4v) is 5.81. The largest absolute Gasteiger partial charge is 0.462 e. The van der Waals surface area contributed by atoms with Crippen LogP contribution in [0.15, 0.2) is 30.3 Å². The lowest BCUT2D eigenvalue weighted by molar-refractivity contribution is -0.167. The maximum Gasteiger partial charge on any atom is 0.223 e. The first-order valence-corrected chi connectivity index (χ1v) is 14.7. The van der Waals surface area contributed by atoms with Gasteiger partial charge in [0.05, 0.1) is 11.7 Å². The van der Waals surface area contributed by atoms with E-state index in [1.165, 1.54) is 12.5 Å². The van der Waals surface area contributed by atoms with E-state index in [2.05, 4.69) is 26.5 Å². The van der Waals surface area contributed by atoms with E-state index in [0.29, 0.717) is 29.1 Å². The van der Waals surface area contributed by atoms with Gasteiger partial charge in [-0.3, -0.25) is 4.79 Å². The van der Waals surface area contributed by atoms with Gasteiger partial charge < -0.3 is 14.6 Å².